The Morgan fingerprint density at radius 1 is 0.630 bits per heavy atom. The number of carbonyl (C=O) groups excluding carboxylic acids is 2. The molecular weight excluding hydrogens is 588 g/mol. The fourth-order valence-corrected chi connectivity index (χ4v) is 5.89. The minimum absolute atomic E-state index is 0.106. The summed E-state index contributed by atoms with van der Waals surface area (Å²) in [6.45, 7) is 0. The number of rotatable bonds is 12. The van der Waals surface area contributed by atoms with Gasteiger partial charge >= 0.3 is 0 Å². The van der Waals surface area contributed by atoms with Gasteiger partial charge in [0.25, 0.3) is 0 Å². The van der Waals surface area contributed by atoms with Crippen LogP contribution in [-0.4, -0.2) is 60.6 Å². The summed E-state index contributed by atoms with van der Waals surface area (Å²) in [5.41, 5.74) is 3.18. The largest absolute Gasteiger partial charge is 0.493 e. The van der Waals surface area contributed by atoms with Crippen LogP contribution in [0.4, 0.5) is 11.6 Å². The third-order valence-corrected chi connectivity index (χ3v) is 8.09. The molecule has 12 heteroatoms. The number of carbonyl (C=O) groups is 2. The van der Waals surface area contributed by atoms with Crippen molar-refractivity contribution < 1.29 is 28.5 Å². The Labute approximate surface area is 267 Å². The third-order valence-electron chi connectivity index (χ3n) is 8.09. The minimum Gasteiger partial charge on any atom is -0.493 e. The van der Waals surface area contributed by atoms with E-state index in [2.05, 4.69) is 31.0 Å². The number of benzene rings is 2. The number of hydrogen-bond acceptors (Lipinski definition) is 10. The average Bonchev–Trinajstić information content (AvgIpc) is 3.08. The zero-order valence-electron chi connectivity index (χ0n) is 26.4. The monoisotopic (exact) mass is 626 g/mol. The topological polar surface area (TPSA) is 147 Å². The molecule has 2 aromatic heterocycles. The lowest BCUT2D eigenvalue weighted by molar-refractivity contribution is -0.116. The number of para-hydroxylation sites is 2. The summed E-state index contributed by atoms with van der Waals surface area (Å²) in [6.07, 6.45) is 4.05. The molecule has 46 heavy (non-hydrogen) atoms. The van der Waals surface area contributed by atoms with E-state index in [0.717, 1.165) is 37.1 Å². The molecule has 1 fully saturated rings. The quantitative estimate of drug-likeness (QED) is 0.218. The van der Waals surface area contributed by atoms with Crippen LogP contribution in [0.2, 0.25) is 0 Å². The standard InChI is InChI=1S/C34H38N6O6/c1-43-27-12-6-10-23(33(27)45-3)19-31(41)35-29-16-14-25(37-39-29)21-8-5-9-22(18-21)26-15-17-30(40-38-26)36-32(42)20-24-11-7-13-28(44-2)34(24)46-4/h6-7,10-17,21-22H,5,8-9,18-20H2,1-4H3,(H,35,39,41)(H,36,40,42). The average molecular weight is 627 g/mol. The van der Waals surface area contributed by atoms with Crippen LogP contribution in [0.1, 0.15) is 60.0 Å². The van der Waals surface area contributed by atoms with Crippen molar-refractivity contribution in [2.75, 3.05) is 39.1 Å². The second-order valence-electron chi connectivity index (χ2n) is 11.0. The second kappa shape index (κ2) is 15.2. The van der Waals surface area contributed by atoms with E-state index in [1.165, 1.54) is 0 Å². The van der Waals surface area contributed by atoms with E-state index in [4.69, 9.17) is 18.9 Å². The van der Waals surface area contributed by atoms with Gasteiger partial charge in [-0.15, -0.1) is 10.2 Å². The summed E-state index contributed by atoms with van der Waals surface area (Å²) >= 11 is 0. The molecule has 0 radical (unpaired) electrons. The molecule has 0 saturated heterocycles. The molecule has 1 saturated carbocycles. The molecule has 0 spiro atoms. The number of ether oxygens (including phenoxy) is 4. The van der Waals surface area contributed by atoms with E-state index in [1.807, 2.05) is 36.4 Å². The van der Waals surface area contributed by atoms with Crippen LogP contribution in [0.25, 0.3) is 0 Å². The van der Waals surface area contributed by atoms with Crippen molar-refractivity contribution in [2.45, 2.75) is 50.4 Å². The molecule has 240 valence electrons. The normalized spacial score (nSPS) is 15.8. The number of aromatic nitrogens is 4. The highest BCUT2D eigenvalue weighted by Gasteiger charge is 2.27. The Morgan fingerprint density at radius 2 is 1.09 bits per heavy atom. The van der Waals surface area contributed by atoms with Crippen molar-refractivity contribution >= 4 is 23.5 Å². The zero-order chi connectivity index (χ0) is 32.5. The molecule has 2 N–H and O–H groups in total. The number of anilines is 2. The first-order chi connectivity index (χ1) is 22.4. The van der Waals surface area contributed by atoms with E-state index >= 15 is 0 Å². The number of methoxy groups -OCH3 is 4. The first-order valence-corrected chi connectivity index (χ1v) is 15.1. The maximum atomic E-state index is 12.7. The summed E-state index contributed by atoms with van der Waals surface area (Å²) in [7, 11) is 6.21. The molecule has 2 unspecified atom stereocenters. The summed E-state index contributed by atoms with van der Waals surface area (Å²) in [5.74, 6) is 2.91. The SMILES string of the molecule is COc1cccc(CC(=O)Nc2ccc(C3CCCC(c4ccc(NC(=O)Cc5cccc(OC)c5OC)nn4)C3)nn2)c1OC. The van der Waals surface area contributed by atoms with Crippen molar-refractivity contribution in [3.05, 3.63) is 83.2 Å². The van der Waals surface area contributed by atoms with Gasteiger partial charge in [0.05, 0.1) is 52.7 Å². The first-order valence-electron chi connectivity index (χ1n) is 15.1. The van der Waals surface area contributed by atoms with Crippen LogP contribution in [-0.2, 0) is 22.4 Å². The lowest BCUT2D eigenvalue weighted by Crippen LogP contribution is -2.19. The molecule has 1 aliphatic rings. The molecule has 5 rings (SSSR count). The second-order valence-corrected chi connectivity index (χ2v) is 11.0. The van der Waals surface area contributed by atoms with Gasteiger partial charge in [-0.3, -0.25) is 9.59 Å². The van der Waals surface area contributed by atoms with Gasteiger partial charge in [0.1, 0.15) is 0 Å². The Kier molecular flexibility index (Phi) is 10.6. The molecule has 2 atom stereocenters. The highest BCUT2D eigenvalue weighted by molar-refractivity contribution is 5.92. The maximum Gasteiger partial charge on any atom is 0.230 e. The highest BCUT2D eigenvalue weighted by atomic mass is 16.5. The Bertz CT molecular complexity index is 1530. The molecule has 2 aromatic carbocycles. The van der Waals surface area contributed by atoms with Crippen molar-refractivity contribution in [2.24, 2.45) is 0 Å². The van der Waals surface area contributed by atoms with E-state index in [1.54, 1.807) is 52.7 Å². The van der Waals surface area contributed by atoms with Crippen LogP contribution in [0, 0.1) is 0 Å². The third kappa shape index (κ3) is 7.68. The number of amides is 2. The molecule has 4 aromatic rings. The van der Waals surface area contributed by atoms with Gasteiger partial charge in [-0.1, -0.05) is 30.7 Å². The van der Waals surface area contributed by atoms with Gasteiger partial charge in [0, 0.05) is 23.0 Å². The van der Waals surface area contributed by atoms with E-state index in [9.17, 15) is 9.59 Å². The minimum atomic E-state index is -0.232. The highest BCUT2D eigenvalue weighted by Crippen LogP contribution is 2.40. The number of nitrogens with zero attached hydrogens (tertiary/aromatic N) is 4. The summed E-state index contributed by atoms with van der Waals surface area (Å²) in [5, 5.41) is 23.1. The maximum absolute atomic E-state index is 12.7. The molecule has 2 heterocycles. The number of nitrogens with one attached hydrogen (secondary N) is 2. The summed E-state index contributed by atoms with van der Waals surface area (Å²) < 4.78 is 21.5. The van der Waals surface area contributed by atoms with Crippen LogP contribution >= 0.6 is 0 Å². The van der Waals surface area contributed by atoms with Crippen LogP contribution in [0.3, 0.4) is 0 Å². The van der Waals surface area contributed by atoms with Crippen LogP contribution in [0.5, 0.6) is 23.0 Å². The van der Waals surface area contributed by atoms with Gasteiger partial charge in [0.2, 0.25) is 11.8 Å². The van der Waals surface area contributed by atoms with Crippen molar-refractivity contribution in [3.8, 4) is 23.0 Å². The predicted molar refractivity (Wildman–Crippen MR) is 172 cm³/mol. The fourth-order valence-electron chi connectivity index (χ4n) is 5.89. The van der Waals surface area contributed by atoms with Crippen molar-refractivity contribution in [3.63, 3.8) is 0 Å². The van der Waals surface area contributed by atoms with Gasteiger partial charge in [-0.25, -0.2) is 0 Å². The van der Waals surface area contributed by atoms with Crippen LogP contribution in [0.15, 0.2) is 60.7 Å². The van der Waals surface area contributed by atoms with Crippen molar-refractivity contribution in [1.82, 2.24) is 20.4 Å². The van der Waals surface area contributed by atoms with Gasteiger partial charge in [-0.05, 0) is 55.7 Å². The number of hydrogen-bond donors (Lipinski definition) is 2. The lowest BCUT2D eigenvalue weighted by atomic mass is 9.78. The van der Waals surface area contributed by atoms with E-state index in [-0.39, 0.29) is 36.5 Å². The van der Waals surface area contributed by atoms with Crippen molar-refractivity contribution in [1.29, 1.82) is 0 Å². The fraction of sp³-hybridized carbons (Fsp3) is 0.353. The van der Waals surface area contributed by atoms with E-state index < -0.39 is 0 Å². The van der Waals surface area contributed by atoms with E-state index in [0.29, 0.717) is 45.8 Å². The smallest absolute Gasteiger partial charge is 0.230 e. The molecular formula is C34H38N6O6. The zero-order valence-corrected chi connectivity index (χ0v) is 26.4. The molecule has 0 aliphatic heterocycles. The van der Waals surface area contributed by atoms with Gasteiger partial charge in [0.15, 0.2) is 34.6 Å². The molecule has 2 amide bonds. The lowest BCUT2D eigenvalue weighted by Gasteiger charge is -2.28. The van der Waals surface area contributed by atoms with Gasteiger partial charge < -0.3 is 29.6 Å². The molecule has 12 nitrogen and oxygen atoms in total. The van der Waals surface area contributed by atoms with Crippen LogP contribution < -0.4 is 29.6 Å². The molecule has 0 bridgehead atoms. The molecule has 1 aliphatic carbocycles. The Hall–Kier alpha value is -5.26. The van der Waals surface area contributed by atoms with Gasteiger partial charge in [-0.2, -0.15) is 10.2 Å². The Morgan fingerprint density at radius 3 is 1.46 bits per heavy atom. The summed E-state index contributed by atoms with van der Waals surface area (Å²) in [4.78, 5) is 25.5. The first kappa shape index (κ1) is 32.1. The Balaban J connectivity index is 1.15. The predicted octanol–water partition coefficient (Wildman–Crippen LogP) is 5.10. The summed E-state index contributed by atoms with van der Waals surface area (Å²) in [6, 6.07) is 18.3.